The molecular formula is C66H100N4O28. The molecule has 2 saturated heterocycles. The van der Waals surface area contributed by atoms with E-state index in [1.807, 2.05) is 30.3 Å². The molecular weight excluding hydrogens is 1300 g/mol. The van der Waals surface area contributed by atoms with Crippen LogP contribution in [-0.2, 0) is 91.9 Å². The van der Waals surface area contributed by atoms with Gasteiger partial charge in [-0.1, -0.05) is 42.5 Å². The second-order valence-electron chi connectivity index (χ2n) is 22.2. The van der Waals surface area contributed by atoms with Gasteiger partial charge < -0.3 is 133 Å². The van der Waals surface area contributed by atoms with E-state index in [0.717, 1.165) is 5.56 Å². The highest BCUT2D eigenvalue weighted by molar-refractivity contribution is 5.93. The maximum absolute atomic E-state index is 12.8. The number of hydrogen-bond donors (Lipinski definition) is 11. The maximum Gasteiger partial charge on any atom is 0.336 e. The minimum atomic E-state index is -1.39. The Morgan fingerprint density at radius 1 is 0.398 bits per heavy atom. The van der Waals surface area contributed by atoms with Gasteiger partial charge in [0.1, 0.15) is 48.1 Å². The number of nitrogens with one attached hydrogen (secondary N) is 4. The third-order valence-electron chi connectivity index (χ3n) is 14.7. The van der Waals surface area contributed by atoms with Gasteiger partial charge in [-0.05, 0) is 66.8 Å². The van der Waals surface area contributed by atoms with Gasteiger partial charge in [0.15, 0.2) is 25.8 Å². The van der Waals surface area contributed by atoms with E-state index in [0.29, 0.717) is 95.1 Å². The normalized spacial score (nSPS) is 20.7. The van der Waals surface area contributed by atoms with Gasteiger partial charge in [-0.15, -0.1) is 0 Å². The second kappa shape index (κ2) is 49.4. The first-order valence-corrected chi connectivity index (χ1v) is 32.8. The van der Waals surface area contributed by atoms with E-state index >= 15 is 0 Å². The van der Waals surface area contributed by atoms with E-state index in [2.05, 4.69) is 21.3 Å². The molecule has 98 heavy (non-hydrogen) atoms. The minimum Gasteiger partial charge on any atom is -0.484 e. The molecule has 2 aliphatic rings. The van der Waals surface area contributed by atoms with Gasteiger partial charge in [0, 0.05) is 39.0 Å². The topological polar surface area (TPSA) is 423 Å². The fourth-order valence-electron chi connectivity index (χ4n) is 9.33. The Balaban J connectivity index is 0.837. The lowest BCUT2D eigenvalue weighted by molar-refractivity contribution is -0.294. The molecule has 2 aliphatic heterocycles. The first kappa shape index (κ1) is 82.5. The number of carbonyl (C=O) groups is 5. The molecule has 3 aromatic carbocycles. The summed E-state index contributed by atoms with van der Waals surface area (Å²) in [6, 6.07) is 19.3. The molecule has 2 fully saturated rings. The maximum atomic E-state index is 12.8. The monoisotopic (exact) mass is 1400 g/mol. The average molecular weight is 1400 g/mol. The van der Waals surface area contributed by atoms with Crippen molar-refractivity contribution in [3.8, 4) is 22.6 Å². The van der Waals surface area contributed by atoms with Gasteiger partial charge in [0.05, 0.1) is 163 Å². The summed E-state index contributed by atoms with van der Waals surface area (Å²) in [6.45, 7) is 8.99. The highest BCUT2D eigenvalue weighted by Gasteiger charge is 2.43. The molecule has 32 nitrogen and oxygen atoms in total. The Kier molecular flexibility index (Phi) is 41.5. The first-order chi connectivity index (χ1) is 47.5. The number of carboxylic acids is 1. The van der Waals surface area contributed by atoms with Crippen molar-refractivity contribution in [3.05, 3.63) is 83.4 Å². The van der Waals surface area contributed by atoms with Crippen LogP contribution in [0.25, 0.3) is 11.1 Å². The van der Waals surface area contributed by atoms with Crippen LogP contribution in [0.4, 0.5) is 0 Å². The molecule has 0 aromatic heterocycles. The number of ether oxygens (including phenoxy) is 16. The predicted molar refractivity (Wildman–Crippen MR) is 345 cm³/mol. The summed E-state index contributed by atoms with van der Waals surface area (Å²) in [5, 5.41) is 80.5. The predicted octanol–water partition coefficient (Wildman–Crippen LogP) is -1.50. The largest absolute Gasteiger partial charge is 0.484 e. The van der Waals surface area contributed by atoms with Crippen molar-refractivity contribution in [1.82, 2.24) is 21.3 Å². The number of rotatable bonds is 54. The third-order valence-corrected chi connectivity index (χ3v) is 14.7. The van der Waals surface area contributed by atoms with Crippen molar-refractivity contribution in [2.24, 2.45) is 0 Å². The van der Waals surface area contributed by atoms with Crippen LogP contribution in [0.2, 0.25) is 0 Å². The van der Waals surface area contributed by atoms with Crippen LogP contribution in [-0.4, -0.2) is 311 Å². The zero-order valence-corrected chi connectivity index (χ0v) is 55.7. The number of aromatic carboxylic acids is 1. The lowest BCUT2D eigenvalue weighted by atomic mass is 9.90. The van der Waals surface area contributed by atoms with Crippen molar-refractivity contribution < 1.29 is 136 Å². The van der Waals surface area contributed by atoms with E-state index < -0.39 is 79.9 Å². The third kappa shape index (κ3) is 33.3. The van der Waals surface area contributed by atoms with Crippen LogP contribution >= 0.6 is 0 Å². The van der Waals surface area contributed by atoms with Crippen LogP contribution in [0.3, 0.4) is 0 Å². The molecule has 11 N–H and O–H groups in total. The SMILES string of the molecule is C[C@@H]1O[C@@H](OCCOCCNC(=O)CCOCCOCCOCCOCCNC(=O)COc2ccc(-c3cc(OCC(=O)NCCOCCOCCOCCOCCC(=O)NCCOCCO[C@@H]4O[C@@H](C)[C@H](O)[C@@H](O)[C@H]4O)cc(C(=O)O)c3Cc3ccccc3)cc2)[C@H](O)[C@H](O)[C@H]1O. The standard InChI is InChI=1S/C66H100N4O28/c1-45-58(75)60(77)62(79)65(97-45)93-38-36-87-20-14-67-54(71)12-18-83-24-28-89-32-34-91-30-26-85-22-16-69-56(73)43-95-49-10-8-48(9-11-49)51-41-50(42-53(64(81)82)52(51)40-47-6-4-3-5-7-47)96-44-57(74)70-17-23-86-27-31-92-35-33-90-29-25-84-19-13-55(72)68-15-21-88-37-39-94-66-63(80)61(78)59(76)46(2)98-66/h3-11,41-42,45-46,58-63,65-66,75-80H,12-40,43-44H2,1-2H3,(H,67,71)(H,68,72)(H,69,73)(H,70,74)(H,81,82)/t45-,46-,58-,59-,60+,61+,62+,63+,65+,66+/m0/s1. The molecule has 0 spiro atoms. The summed E-state index contributed by atoms with van der Waals surface area (Å²) in [7, 11) is 0. The summed E-state index contributed by atoms with van der Waals surface area (Å²) in [6.07, 6.45) is -10.9. The molecule has 0 aliphatic carbocycles. The van der Waals surface area contributed by atoms with Crippen LogP contribution in [0, 0.1) is 0 Å². The zero-order chi connectivity index (χ0) is 70.5. The second-order valence-corrected chi connectivity index (χ2v) is 22.2. The lowest BCUT2D eigenvalue weighted by Gasteiger charge is -2.38. The van der Waals surface area contributed by atoms with E-state index in [-0.39, 0.29) is 154 Å². The van der Waals surface area contributed by atoms with Gasteiger partial charge in [0.2, 0.25) is 11.8 Å². The smallest absolute Gasteiger partial charge is 0.336 e. The quantitative estimate of drug-likeness (QED) is 0.0287. The summed E-state index contributed by atoms with van der Waals surface area (Å²) < 4.78 is 87.9. The molecule has 5 rings (SSSR count). The van der Waals surface area contributed by atoms with Crippen molar-refractivity contribution in [2.45, 2.75) is 94.5 Å². The molecule has 2 heterocycles. The van der Waals surface area contributed by atoms with Crippen LogP contribution in [0.5, 0.6) is 11.5 Å². The number of aliphatic hydroxyl groups excluding tert-OH is 6. The molecule has 0 unspecified atom stereocenters. The number of amides is 4. The molecule has 0 radical (unpaired) electrons. The molecule has 4 amide bonds. The molecule has 32 heteroatoms. The molecule has 0 bridgehead atoms. The summed E-state index contributed by atoms with van der Waals surface area (Å²) >= 11 is 0. The molecule has 3 aromatic rings. The number of carboxylic acid groups (broad SMARTS) is 1. The van der Waals surface area contributed by atoms with Gasteiger partial charge in [-0.3, -0.25) is 19.2 Å². The zero-order valence-electron chi connectivity index (χ0n) is 55.7. The Morgan fingerprint density at radius 3 is 1.15 bits per heavy atom. The van der Waals surface area contributed by atoms with Gasteiger partial charge >= 0.3 is 5.97 Å². The Morgan fingerprint density at radius 2 is 0.755 bits per heavy atom. The number of aliphatic hydroxyl groups is 6. The molecule has 10 atom stereocenters. The van der Waals surface area contributed by atoms with Crippen LogP contribution in [0.15, 0.2) is 66.7 Å². The van der Waals surface area contributed by atoms with Gasteiger partial charge in [0.25, 0.3) is 11.8 Å². The van der Waals surface area contributed by atoms with E-state index in [9.17, 15) is 59.7 Å². The van der Waals surface area contributed by atoms with Crippen molar-refractivity contribution >= 4 is 29.6 Å². The lowest BCUT2D eigenvalue weighted by Crippen LogP contribution is -2.57. The fourth-order valence-corrected chi connectivity index (χ4v) is 9.33. The number of hydrogen-bond acceptors (Lipinski definition) is 27. The van der Waals surface area contributed by atoms with Crippen molar-refractivity contribution in [1.29, 1.82) is 0 Å². The Bertz CT molecular complexity index is 2690. The number of benzene rings is 3. The molecule has 0 saturated carbocycles. The Hall–Kier alpha value is -6.19. The van der Waals surface area contributed by atoms with E-state index in [1.165, 1.54) is 6.07 Å². The fraction of sp³-hybridized carbons (Fsp3) is 0.652. The van der Waals surface area contributed by atoms with Crippen molar-refractivity contribution in [2.75, 3.05) is 185 Å². The molecule has 552 valence electrons. The summed E-state index contributed by atoms with van der Waals surface area (Å²) in [5.41, 5.74) is 2.62. The number of carbonyl (C=O) groups excluding carboxylic acids is 4. The summed E-state index contributed by atoms with van der Waals surface area (Å²) in [4.78, 5) is 62.2. The van der Waals surface area contributed by atoms with Crippen LogP contribution in [0.1, 0.15) is 48.2 Å². The highest BCUT2D eigenvalue weighted by Crippen LogP contribution is 2.34. The Labute approximate surface area is 569 Å². The van der Waals surface area contributed by atoms with Crippen LogP contribution < -0.4 is 30.7 Å². The summed E-state index contributed by atoms with van der Waals surface area (Å²) in [5.74, 6) is -1.83. The van der Waals surface area contributed by atoms with E-state index in [4.69, 9.17) is 75.8 Å². The van der Waals surface area contributed by atoms with Gasteiger partial charge in [-0.25, -0.2) is 4.79 Å². The minimum absolute atomic E-state index is 0.000332. The van der Waals surface area contributed by atoms with Crippen molar-refractivity contribution in [3.63, 3.8) is 0 Å². The average Bonchev–Trinajstić information content (AvgIpc) is 0.781. The van der Waals surface area contributed by atoms with Gasteiger partial charge in [-0.2, -0.15) is 0 Å². The highest BCUT2D eigenvalue weighted by atomic mass is 16.7. The van der Waals surface area contributed by atoms with E-state index in [1.54, 1.807) is 44.2 Å². The first-order valence-electron chi connectivity index (χ1n) is 32.8.